The van der Waals surface area contributed by atoms with E-state index in [1.165, 1.54) is 12.3 Å². The first-order valence-corrected chi connectivity index (χ1v) is 10.8. The number of hydrogen-bond donors (Lipinski definition) is 3. The summed E-state index contributed by atoms with van der Waals surface area (Å²) in [6.45, 7) is 1.60. The largest absolute Gasteiger partial charge is 0.508 e. The SMILES string of the molecule is O=C(O)c1cn(C2CC2)c2c(F)c(N3CCNC(c4ccc(O)cc4)C3)cc(Cl)c2c1=O. The zero-order chi connectivity index (χ0) is 22.6. The van der Waals surface area contributed by atoms with Crippen LogP contribution in [0, 0.1) is 5.82 Å². The maximum absolute atomic E-state index is 15.9. The van der Waals surface area contributed by atoms with Gasteiger partial charge in [0, 0.05) is 37.9 Å². The van der Waals surface area contributed by atoms with Crippen molar-refractivity contribution < 1.29 is 19.4 Å². The summed E-state index contributed by atoms with van der Waals surface area (Å²) in [6, 6.07) is 8.14. The normalized spacial score (nSPS) is 18.8. The molecule has 5 rings (SSSR count). The van der Waals surface area contributed by atoms with Crippen LogP contribution in [0.15, 0.2) is 41.3 Å². The lowest BCUT2D eigenvalue weighted by molar-refractivity contribution is 0.0695. The van der Waals surface area contributed by atoms with Crippen LogP contribution >= 0.6 is 11.6 Å². The number of nitrogens with zero attached hydrogens (tertiary/aromatic N) is 2. The molecule has 0 spiro atoms. The summed E-state index contributed by atoms with van der Waals surface area (Å²) in [4.78, 5) is 26.3. The van der Waals surface area contributed by atoms with E-state index in [0.717, 1.165) is 18.4 Å². The molecule has 9 heteroatoms. The van der Waals surface area contributed by atoms with Crippen LogP contribution in [-0.4, -0.2) is 40.4 Å². The third kappa shape index (κ3) is 3.49. The maximum atomic E-state index is 15.9. The molecular formula is C23H21ClFN3O4. The fourth-order valence-corrected chi connectivity index (χ4v) is 4.66. The Morgan fingerprint density at radius 2 is 1.94 bits per heavy atom. The summed E-state index contributed by atoms with van der Waals surface area (Å²) < 4.78 is 17.5. The van der Waals surface area contributed by atoms with Gasteiger partial charge in [-0.1, -0.05) is 23.7 Å². The average molecular weight is 458 g/mol. The number of phenols is 1. The van der Waals surface area contributed by atoms with E-state index in [9.17, 15) is 19.8 Å². The maximum Gasteiger partial charge on any atom is 0.341 e. The van der Waals surface area contributed by atoms with Gasteiger partial charge in [0.25, 0.3) is 0 Å². The third-order valence-corrected chi connectivity index (χ3v) is 6.45. The highest BCUT2D eigenvalue weighted by molar-refractivity contribution is 6.36. The summed E-state index contributed by atoms with van der Waals surface area (Å²) in [6.07, 6.45) is 2.81. The summed E-state index contributed by atoms with van der Waals surface area (Å²) >= 11 is 6.46. The monoisotopic (exact) mass is 457 g/mol. The van der Waals surface area contributed by atoms with Crippen LogP contribution in [0.3, 0.4) is 0 Å². The van der Waals surface area contributed by atoms with Crippen molar-refractivity contribution in [2.45, 2.75) is 24.9 Å². The Balaban J connectivity index is 1.62. The van der Waals surface area contributed by atoms with Crippen molar-refractivity contribution in [1.29, 1.82) is 0 Å². The van der Waals surface area contributed by atoms with E-state index >= 15 is 4.39 Å². The number of hydrogen-bond acceptors (Lipinski definition) is 5. The van der Waals surface area contributed by atoms with Crippen LogP contribution in [0.5, 0.6) is 5.75 Å². The van der Waals surface area contributed by atoms with Crippen LogP contribution in [0.1, 0.15) is 40.8 Å². The molecule has 0 amide bonds. The number of piperazine rings is 1. The molecular weight excluding hydrogens is 437 g/mol. The molecule has 32 heavy (non-hydrogen) atoms. The van der Waals surface area contributed by atoms with Crippen molar-refractivity contribution in [2.24, 2.45) is 0 Å². The fourth-order valence-electron chi connectivity index (χ4n) is 4.38. The summed E-state index contributed by atoms with van der Waals surface area (Å²) in [7, 11) is 0. The number of nitrogens with one attached hydrogen (secondary N) is 1. The number of carboxylic acids is 1. The number of benzene rings is 2. The number of aromatic nitrogens is 1. The smallest absolute Gasteiger partial charge is 0.341 e. The molecule has 7 nitrogen and oxygen atoms in total. The Morgan fingerprint density at radius 1 is 1.22 bits per heavy atom. The number of phenolic OH excluding ortho intramolecular Hbond substituents is 1. The fraction of sp³-hybridized carbons (Fsp3) is 0.304. The van der Waals surface area contributed by atoms with E-state index in [4.69, 9.17) is 11.6 Å². The molecule has 2 aromatic carbocycles. The molecule has 0 radical (unpaired) electrons. The lowest BCUT2D eigenvalue weighted by Gasteiger charge is -2.36. The predicted molar refractivity (Wildman–Crippen MR) is 119 cm³/mol. The number of rotatable bonds is 4. The standard InChI is InChI=1S/C23H21ClFN3O4/c24-16-9-18(27-8-7-26-17(11-27)12-1-5-14(29)6-2-12)20(25)21-19(16)22(30)15(23(31)32)10-28(21)13-3-4-13/h1-2,5-6,9-10,13,17,26,29H,3-4,7-8,11H2,(H,31,32). The van der Waals surface area contributed by atoms with E-state index in [2.05, 4.69) is 5.32 Å². The first-order valence-electron chi connectivity index (χ1n) is 10.4. The van der Waals surface area contributed by atoms with E-state index in [1.807, 2.05) is 17.0 Å². The van der Waals surface area contributed by atoms with Crippen LogP contribution in [0.25, 0.3) is 10.9 Å². The number of halogens is 2. The molecule has 1 aliphatic carbocycles. The number of aromatic hydroxyl groups is 1. The van der Waals surface area contributed by atoms with Gasteiger partial charge in [-0.25, -0.2) is 9.18 Å². The minimum Gasteiger partial charge on any atom is -0.508 e. The number of carbonyl (C=O) groups is 1. The molecule has 2 heterocycles. The van der Waals surface area contributed by atoms with Gasteiger partial charge < -0.3 is 25.0 Å². The Hall–Kier alpha value is -3.10. The molecule has 1 saturated heterocycles. The molecule has 1 aromatic heterocycles. The summed E-state index contributed by atoms with van der Waals surface area (Å²) in [5, 5.41) is 22.3. The average Bonchev–Trinajstić information content (AvgIpc) is 3.61. The molecule has 3 N–H and O–H groups in total. The first kappa shape index (κ1) is 20.8. The highest BCUT2D eigenvalue weighted by atomic mass is 35.5. The highest BCUT2D eigenvalue weighted by Gasteiger charge is 2.31. The second-order valence-electron chi connectivity index (χ2n) is 8.27. The number of anilines is 1. The van der Waals surface area contributed by atoms with Crippen LogP contribution < -0.4 is 15.6 Å². The van der Waals surface area contributed by atoms with Gasteiger partial charge in [-0.2, -0.15) is 0 Å². The Kier molecular flexibility index (Phi) is 5.06. The van der Waals surface area contributed by atoms with Gasteiger partial charge in [0.05, 0.1) is 21.6 Å². The van der Waals surface area contributed by atoms with E-state index in [-0.39, 0.29) is 39.4 Å². The summed E-state index contributed by atoms with van der Waals surface area (Å²) in [5.41, 5.74) is 0.116. The van der Waals surface area contributed by atoms with Crippen LogP contribution in [0.4, 0.5) is 10.1 Å². The lowest BCUT2D eigenvalue weighted by Crippen LogP contribution is -2.46. The molecule has 1 unspecified atom stereocenters. The van der Waals surface area contributed by atoms with Crippen molar-refractivity contribution in [1.82, 2.24) is 9.88 Å². The Bertz CT molecular complexity index is 1290. The zero-order valence-electron chi connectivity index (χ0n) is 17.0. The van der Waals surface area contributed by atoms with Gasteiger partial charge >= 0.3 is 5.97 Å². The Labute approximate surface area is 187 Å². The van der Waals surface area contributed by atoms with Crippen LogP contribution in [0.2, 0.25) is 5.02 Å². The number of aromatic carboxylic acids is 1. The number of carboxylic acid groups (broad SMARTS) is 1. The molecule has 0 bridgehead atoms. The molecule has 1 aliphatic heterocycles. The number of fused-ring (bicyclic) bond motifs is 1. The first-order chi connectivity index (χ1) is 15.3. The highest BCUT2D eigenvalue weighted by Crippen LogP contribution is 2.41. The second-order valence-corrected chi connectivity index (χ2v) is 8.68. The van der Waals surface area contributed by atoms with Crippen molar-refractivity contribution in [3.05, 3.63) is 68.7 Å². The Morgan fingerprint density at radius 3 is 2.59 bits per heavy atom. The third-order valence-electron chi connectivity index (χ3n) is 6.15. The van der Waals surface area contributed by atoms with E-state index < -0.39 is 22.8 Å². The molecule has 2 aliphatic rings. The topological polar surface area (TPSA) is 94.8 Å². The van der Waals surface area contributed by atoms with Gasteiger partial charge in [0.1, 0.15) is 11.3 Å². The zero-order valence-corrected chi connectivity index (χ0v) is 17.8. The minimum atomic E-state index is -1.36. The number of pyridine rings is 1. The quantitative estimate of drug-likeness (QED) is 0.553. The van der Waals surface area contributed by atoms with E-state index in [1.54, 1.807) is 16.7 Å². The van der Waals surface area contributed by atoms with Crippen molar-refractivity contribution >= 4 is 34.2 Å². The van der Waals surface area contributed by atoms with Crippen LogP contribution in [-0.2, 0) is 0 Å². The van der Waals surface area contributed by atoms with Crippen molar-refractivity contribution in [3.63, 3.8) is 0 Å². The van der Waals surface area contributed by atoms with Crippen molar-refractivity contribution in [3.8, 4) is 5.75 Å². The summed E-state index contributed by atoms with van der Waals surface area (Å²) in [5.74, 6) is -1.75. The molecule has 1 saturated carbocycles. The minimum absolute atomic E-state index is 0.0404. The van der Waals surface area contributed by atoms with Gasteiger partial charge in [-0.05, 0) is 36.6 Å². The molecule has 1 atom stereocenters. The van der Waals surface area contributed by atoms with Crippen molar-refractivity contribution in [2.75, 3.05) is 24.5 Å². The molecule has 3 aromatic rings. The second kappa shape index (κ2) is 7.79. The van der Waals surface area contributed by atoms with Gasteiger partial charge in [-0.15, -0.1) is 0 Å². The van der Waals surface area contributed by atoms with E-state index in [0.29, 0.717) is 19.6 Å². The van der Waals surface area contributed by atoms with Gasteiger partial charge in [0.2, 0.25) is 5.43 Å². The lowest BCUT2D eigenvalue weighted by atomic mass is 10.0. The molecule has 166 valence electrons. The van der Waals surface area contributed by atoms with Gasteiger partial charge in [-0.3, -0.25) is 4.79 Å². The molecule has 2 fully saturated rings. The van der Waals surface area contributed by atoms with Gasteiger partial charge in [0.15, 0.2) is 5.82 Å². The predicted octanol–water partition coefficient (Wildman–Crippen LogP) is 3.68.